The van der Waals surface area contributed by atoms with E-state index in [1.54, 1.807) is 0 Å². The second-order valence-electron chi connectivity index (χ2n) is 31.2. The molecule has 26 atom stereocenters. The highest BCUT2D eigenvalue weighted by atomic mass is 31.2. The Hall–Kier alpha value is 0.620. The lowest BCUT2D eigenvalue weighted by Crippen LogP contribution is -2.56. The number of hydrogen-bond donors (Lipinski definition) is 0. The summed E-state index contributed by atoms with van der Waals surface area (Å²) in [4.78, 5) is 0. The Morgan fingerprint density at radius 2 is 0.586 bits per heavy atom. The summed E-state index contributed by atoms with van der Waals surface area (Å²) in [5, 5.41) is 0. The van der Waals surface area contributed by atoms with Gasteiger partial charge in [0.25, 0.3) is 0 Å². The first-order valence-corrected chi connectivity index (χ1v) is 32.3. The fourth-order valence-corrected chi connectivity index (χ4v) is 20.8. The van der Waals surface area contributed by atoms with Gasteiger partial charge in [-0.15, -0.1) is 0 Å². The highest BCUT2D eigenvalue weighted by Crippen LogP contribution is 2.66. The molecule has 70 heavy (non-hydrogen) atoms. The predicted molar refractivity (Wildman–Crippen MR) is 294 cm³/mol. The molecule has 0 N–H and O–H groups in total. The van der Waals surface area contributed by atoms with Crippen molar-refractivity contribution in [2.24, 2.45) is 140 Å². The van der Waals surface area contributed by atoms with Gasteiger partial charge in [0.2, 0.25) is 0 Å². The molecule has 8 rings (SSSR count). The van der Waals surface area contributed by atoms with E-state index < -0.39 is 17.2 Å². The van der Waals surface area contributed by atoms with Crippen molar-refractivity contribution in [3.63, 3.8) is 0 Å². The Morgan fingerprint density at radius 1 is 0.357 bits per heavy atom. The molecule has 8 aliphatic rings. The van der Waals surface area contributed by atoms with Crippen molar-refractivity contribution in [3.8, 4) is 0 Å². The van der Waals surface area contributed by atoms with E-state index in [2.05, 4.69) is 138 Å². The topological polar surface area (TPSA) is 55.4 Å². The molecule has 6 saturated carbocycles. The molecule has 0 amide bonds. The van der Waals surface area contributed by atoms with Crippen molar-refractivity contribution in [2.75, 3.05) is 13.2 Å². The smallest absolute Gasteiger partial charge is 0.312 e. The van der Waals surface area contributed by atoms with Gasteiger partial charge in [-0.25, -0.2) is 0 Å². The van der Waals surface area contributed by atoms with Gasteiger partial charge < -0.3 is 27.1 Å². The summed E-state index contributed by atoms with van der Waals surface area (Å²) >= 11 is 0. The predicted octanol–water partition coefficient (Wildman–Crippen LogP) is 18.5. The van der Waals surface area contributed by atoms with Crippen molar-refractivity contribution in [1.29, 1.82) is 0 Å². The van der Waals surface area contributed by atoms with Crippen molar-refractivity contribution >= 4 is 17.2 Å². The minimum Gasteiger partial charge on any atom is -0.312 e. The minimum absolute atomic E-state index is 0.151. The third-order valence-electron chi connectivity index (χ3n) is 23.1. The van der Waals surface area contributed by atoms with Gasteiger partial charge in [0.15, 0.2) is 0 Å². The molecule has 0 spiro atoms. The van der Waals surface area contributed by atoms with E-state index in [9.17, 15) is 0 Å². The highest BCUT2D eigenvalue weighted by molar-refractivity contribution is 7.42. The van der Waals surface area contributed by atoms with Crippen LogP contribution in [0.5, 0.6) is 0 Å². The number of rotatable bonds is 7. The monoisotopic (exact) mass is 1010 g/mol. The normalized spacial score (nSPS) is 49.9. The summed E-state index contributed by atoms with van der Waals surface area (Å²) in [6.07, 6.45) is 15.9. The van der Waals surface area contributed by atoms with Gasteiger partial charge >= 0.3 is 17.2 Å². The van der Waals surface area contributed by atoms with E-state index >= 15 is 0 Å². The van der Waals surface area contributed by atoms with Crippen LogP contribution >= 0.6 is 17.2 Å². The van der Waals surface area contributed by atoms with E-state index in [1.165, 1.54) is 77.0 Å². The quantitative estimate of drug-likeness (QED) is 0.237. The molecule has 0 aromatic carbocycles. The molecule has 6 aliphatic carbocycles. The zero-order chi connectivity index (χ0) is 51.2. The summed E-state index contributed by atoms with van der Waals surface area (Å²) < 4.78 is 44.9. The van der Waals surface area contributed by atoms with Crippen LogP contribution in [0.15, 0.2) is 0 Å². The second-order valence-corrected chi connectivity index (χ2v) is 33.5. The number of fused-ring (bicyclic) bond motifs is 6. The Morgan fingerprint density at radius 3 is 0.814 bits per heavy atom. The zero-order valence-electron chi connectivity index (χ0n) is 49.1. The third kappa shape index (κ3) is 11.6. The van der Waals surface area contributed by atoms with Crippen LogP contribution in [0, 0.1) is 140 Å². The van der Waals surface area contributed by atoms with Gasteiger partial charge in [-0.3, -0.25) is 0 Å². The Labute approximate surface area is 435 Å². The minimum atomic E-state index is -1.50. The Kier molecular flexibility index (Phi) is 17.7. The van der Waals surface area contributed by atoms with E-state index in [0.717, 1.165) is 13.2 Å². The first kappa shape index (κ1) is 56.8. The van der Waals surface area contributed by atoms with Crippen molar-refractivity contribution in [3.05, 3.63) is 0 Å². The van der Waals surface area contributed by atoms with Crippen LogP contribution in [0.2, 0.25) is 0 Å². The summed E-state index contributed by atoms with van der Waals surface area (Å²) in [5.74, 6) is 11.2. The molecule has 2 aliphatic heterocycles. The molecular weight excluding hydrogens is 903 g/mol. The Balaban J connectivity index is 1.03. The van der Waals surface area contributed by atoms with E-state index in [-0.39, 0.29) is 46.1 Å². The largest absolute Gasteiger partial charge is 0.333 e. The van der Waals surface area contributed by atoms with E-state index in [0.29, 0.717) is 118 Å². The number of hydrogen-bond acceptors (Lipinski definition) is 6. The maximum atomic E-state index is 7.55. The van der Waals surface area contributed by atoms with Crippen LogP contribution in [0.25, 0.3) is 0 Å². The standard InChI is InChI=1S/C62H112O6P2/c1-35-29-47(59(9,10)11)55-51(39(35)5)52-40(6)36(2)30-48(60(12,13)14)56(52)66-69(65-55)63-33-43-25-21-23-27-45(43)46-28-24-22-26-44(46)34-64-70-67-57-49(61(15,16)17)31-37(3)41(7)53(57)54-42(8)38(4)32-50(58(54)68-70)62(18,19)20/h35-58H,21-34H2,1-20H3/t35-,36?,37-,38?,39-,40?,41-,42?,43?,44?,45?,46?,47?,48-,49?,50-,51?,52?,53?,54?,55?,56?,57?,58?,69?,70?/m1/s1. The van der Waals surface area contributed by atoms with Crippen LogP contribution in [-0.4, -0.2) is 37.6 Å². The fraction of sp³-hybridized carbons (Fsp3) is 1.00. The molecule has 6 nitrogen and oxygen atoms in total. The van der Waals surface area contributed by atoms with Crippen LogP contribution in [0.1, 0.15) is 216 Å². The average Bonchev–Trinajstić information content (AvgIpc) is 3.55. The van der Waals surface area contributed by atoms with Gasteiger partial charge in [-0.05, 0) is 191 Å². The summed E-state index contributed by atoms with van der Waals surface area (Å²) in [7, 11) is -2.99. The molecule has 0 radical (unpaired) electrons. The molecule has 8 fully saturated rings. The Bertz CT molecular complexity index is 1480. The molecule has 2 saturated heterocycles. The van der Waals surface area contributed by atoms with Gasteiger partial charge in [0.05, 0.1) is 37.6 Å². The van der Waals surface area contributed by atoms with Crippen molar-refractivity contribution in [1.82, 2.24) is 0 Å². The van der Waals surface area contributed by atoms with Gasteiger partial charge in [0, 0.05) is 0 Å². The van der Waals surface area contributed by atoms with Crippen LogP contribution < -0.4 is 0 Å². The van der Waals surface area contributed by atoms with Crippen LogP contribution in [-0.2, 0) is 27.1 Å². The summed E-state index contributed by atoms with van der Waals surface area (Å²) in [5.41, 5.74) is 0.606. The van der Waals surface area contributed by atoms with Gasteiger partial charge in [-0.1, -0.05) is 164 Å². The molecule has 0 aromatic heterocycles. The SMILES string of the molecule is CC1C[C@@H](C(C)(C)C)C2OP(OCC3CCCCC3C3CCCCC3COP3OC4C(C5C(C)C(C)C[C@@H](C(C)(C)C)C5O3)[C@H](C)[C@H](C)CC4C(C)(C)C)OC3C(C2C1C)[C@H](C)[C@H](C)CC3C(C)(C)C. The van der Waals surface area contributed by atoms with Crippen LogP contribution in [0.4, 0.5) is 0 Å². The highest BCUT2D eigenvalue weighted by Gasteiger charge is 2.61. The first-order chi connectivity index (χ1) is 32.6. The van der Waals surface area contributed by atoms with E-state index in [4.69, 9.17) is 27.1 Å². The average molecular weight is 1020 g/mol. The summed E-state index contributed by atoms with van der Waals surface area (Å²) in [6, 6.07) is 0. The molecule has 20 unspecified atom stereocenters. The second kappa shape index (κ2) is 21.8. The first-order valence-electron chi connectivity index (χ1n) is 30.1. The fourth-order valence-electron chi connectivity index (χ4n) is 17.9. The molecule has 8 heteroatoms. The summed E-state index contributed by atoms with van der Waals surface area (Å²) in [6.45, 7) is 51.5. The van der Waals surface area contributed by atoms with Gasteiger partial charge in [-0.2, -0.15) is 0 Å². The lowest BCUT2D eigenvalue weighted by Gasteiger charge is -2.56. The molecule has 2 heterocycles. The van der Waals surface area contributed by atoms with Gasteiger partial charge in [0.1, 0.15) is 0 Å². The molecule has 0 bridgehead atoms. The zero-order valence-corrected chi connectivity index (χ0v) is 50.9. The lowest BCUT2D eigenvalue weighted by molar-refractivity contribution is -0.123. The molecule has 406 valence electrons. The molecule has 0 aromatic rings. The van der Waals surface area contributed by atoms with Crippen molar-refractivity contribution in [2.45, 2.75) is 240 Å². The van der Waals surface area contributed by atoms with Crippen molar-refractivity contribution < 1.29 is 27.1 Å². The maximum absolute atomic E-state index is 7.55. The lowest BCUT2D eigenvalue weighted by atomic mass is 9.51. The molecular formula is C62H112O6P2. The maximum Gasteiger partial charge on any atom is 0.333 e. The van der Waals surface area contributed by atoms with E-state index in [1.807, 2.05) is 0 Å². The van der Waals surface area contributed by atoms with Crippen LogP contribution in [0.3, 0.4) is 0 Å². The third-order valence-corrected chi connectivity index (χ3v) is 25.5.